The molecule has 0 radical (unpaired) electrons. The van der Waals surface area contributed by atoms with E-state index in [1.165, 1.54) is 0 Å². The summed E-state index contributed by atoms with van der Waals surface area (Å²) in [6.07, 6.45) is 0.705. The maximum Gasteiger partial charge on any atom is 0.0636 e. The topological polar surface area (TPSA) is 0 Å². The van der Waals surface area contributed by atoms with E-state index in [1.807, 2.05) is 24.3 Å². The third-order valence-corrected chi connectivity index (χ3v) is 5.22. The first-order valence-electron chi connectivity index (χ1n) is 5.50. The monoisotopic (exact) mass is 488 g/mol. The van der Waals surface area contributed by atoms with Gasteiger partial charge in [0.25, 0.3) is 0 Å². The first kappa shape index (κ1) is 15.9. The number of hydrogen-bond donors (Lipinski definition) is 0. The van der Waals surface area contributed by atoms with Crippen LogP contribution in [0.3, 0.4) is 0 Å². The van der Waals surface area contributed by atoms with E-state index in [0.29, 0.717) is 16.5 Å². The molecule has 2 rings (SSSR count). The fourth-order valence-corrected chi connectivity index (χ4v) is 3.59. The predicted octanol–water partition coefficient (Wildman–Crippen LogP) is 6.88. The van der Waals surface area contributed by atoms with Crippen molar-refractivity contribution >= 4 is 73.3 Å². The van der Waals surface area contributed by atoms with Gasteiger partial charge in [0.2, 0.25) is 0 Å². The average Bonchev–Trinajstić information content (AvgIpc) is 2.36. The summed E-state index contributed by atoms with van der Waals surface area (Å²) in [7, 11) is 0. The smallest absolute Gasteiger partial charge is 0.0636 e. The van der Waals surface area contributed by atoms with Crippen LogP contribution in [0.1, 0.15) is 16.5 Å². The zero-order valence-corrected chi connectivity index (χ0v) is 15.6. The lowest BCUT2D eigenvalue weighted by Crippen LogP contribution is -1.98. The second kappa shape index (κ2) is 6.99. The van der Waals surface area contributed by atoms with Crippen LogP contribution in [0.4, 0.5) is 0 Å². The number of halogens is 5. The molecule has 1 unspecified atom stereocenters. The molecule has 0 aliphatic heterocycles. The summed E-state index contributed by atoms with van der Waals surface area (Å²) in [6.45, 7) is 0. The van der Waals surface area contributed by atoms with E-state index < -0.39 is 0 Å². The van der Waals surface area contributed by atoms with Gasteiger partial charge < -0.3 is 0 Å². The lowest BCUT2D eigenvalue weighted by Gasteiger charge is -2.13. The van der Waals surface area contributed by atoms with Gasteiger partial charge in [0.05, 0.1) is 15.4 Å². The van der Waals surface area contributed by atoms with E-state index in [1.54, 1.807) is 6.07 Å². The van der Waals surface area contributed by atoms with Gasteiger partial charge in [0.1, 0.15) is 0 Å². The Kier molecular flexibility index (Phi) is 5.85. The molecular formula is C14H9BrCl3I. The van der Waals surface area contributed by atoms with E-state index >= 15 is 0 Å². The molecule has 0 fully saturated rings. The standard InChI is InChI=1S/C14H9BrCl3I/c15-11-3-2-9(19)7-10(11)13(17)5-8-1-4-12(16)14(18)6-8/h1-4,6-7,13H,5H2. The molecule has 0 saturated heterocycles. The van der Waals surface area contributed by atoms with Gasteiger partial charge >= 0.3 is 0 Å². The Morgan fingerprint density at radius 2 is 1.79 bits per heavy atom. The molecule has 0 saturated carbocycles. The maximum atomic E-state index is 6.50. The molecule has 0 aliphatic carbocycles. The van der Waals surface area contributed by atoms with Crippen LogP contribution in [-0.2, 0) is 6.42 Å². The van der Waals surface area contributed by atoms with E-state index in [-0.39, 0.29) is 5.38 Å². The molecule has 0 aromatic heterocycles. The number of benzene rings is 2. The average molecular weight is 490 g/mol. The van der Waals surface area contributed by atoms with E-state index in [2.05, 4.69) is 44.6 Å². The van der Waals surface area contributed by atoms with Crippen molar-refractivity contribution in [3.63, 3.8) is 0 Å². The molecule has 2 aromatic carbocycles. The minimum absolute atomic E-state index is 0.110. The molecule has 0 spiro atoms. The van der Waals surface area contributed by atoms with Gasteiger partial charge in [-0.2, -0.15) is 0 Å². The van der Waals surface area contributed by atoms with Gasteiger partial charge in [-0.3, -0.25) is 0 Å². The van der Waals surface area contributed by atoms with E-state index in [4.69, 9.17) is 34.8 Å². The van der Waals surface area contributed by atoms with Crippen LogP contribution in [0, 0.1) is 3.57 Å². The molecule has 19 heavy (non-hydrogen) atoms. The SMILES string of the molecule is Clc1ccc(CC(Cl)c2cc(I)ccc2Br)cc1Cl. The van der Waals surface area contributed by atoms with Gasteiger partial charge in [-0.05, 0) is 70.5 Å². The van der Waals surface area contributed by atoms with Gasteiger partial charge in [-0.15, -0.1) is 11.6 Å². The van der Waals surface area contributed by atoms with Gasteiger partial charge in [-0.1, -0.05) is 45.2 Å². The second-order valence-electron chi connectivity index (χ2n) is 4.09. The molecule has 1 atom stereocenters. The van der Waals surface area contributed by atoms with Gasteiger partial charge in [0, 0.05) is 8.04 Å². The first-order valence-corrected chi connectivity index (χ1v) is 8.56. The minimum atomic E-state index is -0.110. The van der Waals surface area contributed by atoms with Crippen molar-refractivity contribution in [3.8, 4) is 0 Å². The van der Waals surface area contributed by atoms with Crippen molar-refractivity contribution in [3.05, 3.63) is 65.6 Å². The summed E-state index contributed by atoms with van der Waals surface area (Å²) in [5.41, 5.74) is 2.15. The highest BCUT2D eigenvalue weighted by Gasteiger charge is 2.13. The van der Waals surface area contributed by atoms with E-state index in [0.717, 1.165) is 19.2 Å². The summed E-state index contributed by atoms with van der Waals surface area (Å²) in [5, 5.41) is 1.01. The van der Waals surface area contributed by atoms with Crippen LogP contribution in [0.2, 0.25) is 10.0 Å². The highest BCUT2D eigenvalue weighted by atomic mass is 127. The van der Waals surface area contributed by atoms with Crippen molar-refractivity contribution in [2.45, 2.75) is 11.8 Å². The molecule has 0 nitrogen and oxygen atoms in total. The van der Waals surface area contributed by atoms with Crippen molar-refractivity contribution in [2.75, 3.05) is 0 Å². The highest BCUT2D eigenvalue weighted by molar-refractivity contribution is 14.1. The largest absolute Gasteiger partial charge is 0.117 e. The van der Waals surface area contributed by atoms with Crippen LogP contribution in [0.5, 0.6) is 0 Å². The lowest BCUT2D eigenvalue weighted by molar-refractivity contribution is 0.913. The first-order chi connectivity index (χ1) is 8.97. The quantitative estimate of drug-likeness (QED) is 0.325. The summed E-state index contributed by atoms with van der Waals surface area (Å²) in [4.78, 5) is 0. The van der Waals surface area contributed by atoms with E-state index in [9.17, 15) is 0 Å². The Bertz CT molecular complexity index is 601. The number of hydrogen-bond acceptors (Lipinski definition) is 0. The molecule has 0 aliphatic rings. The van der Waals surface area contributed by atoms with Gasteiger partial charge in [-0.25, -0.2) is 0 Å². The molecule has 5 heteroatoms. The van der Waals surface area contributed by atoms with Crippen molar-refractivity contribution in [1.29, 1.82) is 0 Å². The van der Waals surface area contributed by atoms with Crippen molar-refractivity contribution in [1.82, 2.24) is 0 Å². The fraction of sp³-hybridized carbons (Fsp3) is 0.143. The Hall–Kier alpha value is 0.520. The minimum Gasteiger partial charge on any atom is -0.117 e. The van der Waals surface area contributed by atoms with Gasteiger partial charge in [0.15, 0.2) is 0 Å². The zero-order valence-electron chi connectivity index (χ0n) is 9.64. The van der Waals surface area contributed by atoms with Crippen LogP contribution in [0.15, 0.2) is 40.9 Å². The Balaban J connectivity index is 2.22. The summed E-state index contributed by atoms with van der Waals surface area (Å²) < 4.78 is 2.18. The summed E-state index contributed by atoms with van der Waals surface area (Å²) >= 11 is 24.2. The highest BCUT2D eigenvalue weighted by Crippen LogP contribution is 2.33. The molecule has 100 valence electrons. The maximum absolute atomic E-state index is 6.50. The Morgan fingerprint density at radius 3 is 2.47 bits per heavy atom. The summed E-state index contributed by atoms with van der Waals surface area (Å²) in [6, 6.07) is 11.7. The third-order valence-electron chi connectivity index (χ3n) is 2.69. The molecule has 0 N–H and O–H groups in total. The number of rotatable bonds is 3. The molecule has 2 aromatic rings. The molecule has 0 heterocycles. The molecule has 0 amide bonds. The molecular weight excluding hydrogens is 481 g/mol. The zero-order chi connectivity index (χ0) is 14.0. The van der Waals surface area contributed by atoms with Crippen molar-refractivity contribution in [2.24, 2.45) is 0 Å². The fourth-order valence-electron chi connectivity index (χ4n) is 1.74. The van der Waals surface area contributed by atoms with Crippen LogP contribution >= 0.6 is 73.3 Å². The second-order valence-corrected chi connectivity index (χ2v) is 7.53. The number of alkyl halides is 1. The van der Waals surface area contributed by atoms with Crippen LogP contribution < -0.4 is 0 Å². The molecule has 0 bridgehead atoms. The van der Waals surface area contributed by atoms with Crippen LogP contribution in [0.25, 0.3) is 0 Å². The Morgan fingerprint density at radius 1 is 1.05 bits per heavy atom. The third kappa shape index (κ3) is 4.24. The predicted molar refractivity (Wildman–Crippen MR) is 95.6 cm³/mol. The summed E-state index contributed by atoms with van der Waals surface area (Å²) in [5.74, 6) is 0. The lowest BCUT2D eigenvalue weighted by atomic mass is 10.0. The van der Waals surface area contributed by atoms with Crippen molar-refractivity contribution < 1.29 is 0 Å². The van der Waals surface area contributed by atoms with Crippen LogP contribution in [-0.4, -0.2) is 0 Å². The normalized spacial score (nSPS) is 12.5. The Labute approximate surface area is 149 Å².